The van der Waals surface area contributed by atoms with Gasteiger partial charge in [0.25, 0.3) is 0 Å². The summed E-state index contributed by atoms with van der Waals surface area (Å²) < 4.78 is 22.4. The third kappa shape index (κ3) is 12.5. The van der Waals surface area contributed by atoms with Crippen molar-refractivity contribution in [1.82, 2.24) is 40.3 Å². The van der Waals surface area contributed by atoms with E-state index in [1.54, 1.807) is 12.1 Å². The van der Waals surface area contributed by atoms with Crippen LogP contribution >= 0.6 is 11.6 Å². The Morgan fingerprint density at radius 3 is 2.01 bits per heavy atom. The summed E-state index contributed by atoms with van der Waals surface area (Å²) in [5, 5.41) is 21.9. The number of aromatic nitrogens is 8. The molecule has 19 heteroatoms. The standard InChI is InChI=1S/C24H27N7O2.C22H22ClN7O2.C2H6/c1-2-32-24-27-20(25)14-21(28-24)33-17-12-10-16(11-13-17)22-29-23(31-30-22)26-19-9-5-7-15-6-3-4-8-18(15)19;1-4-31-22-26-17(24)11-18(27-22)32-16-7-5-14(6-8-16)20-28-21(30-29-20)25-15-9-12(2)19(23)13(3)10-15;1-2/h5,7,9-13,21H,2-4,6,8,14H2,1H3,(H2,25,27,28)(H2,26,29,30,31);5-11H,4H2,1-3H3,(H2,24,26,27)(H2,25,28,29,30);1-2H3. The summed E-state index contributed by atoms with van der Waals surface area (Å²) in [4.78, 5) is 25.7. The molecule has 7 aromatic rings. The molecule has 348 valence electrons. The van der Waals surface area contributed by atoms with Crippen molar-refractivity contribution in [2.75, 3.05) is 29.6 Å². The summed E-state index contributed by atoms with van der Waals surface area (Å²) in [6.45, 7) is 12.5. The van der Waals surface area contributed by atoms with Gasteiger partial charge in [0.15, 0.2) is 11.6 Å². The van der Waals surface area contributed by atoms with Gasteiger partial charge in [0.2, 0.25) is 24.0 Å². The number of hydrogen-bond donors (Lipinski definition) is 6. The van der Waals surface area contributed by atoms with Crippen LogP contribution in [-0.2, 0) is 17.6 Å². The summed E-state index contributed by atoms with van der Waals surface area (Å²) in [7, 11) is 0. The Hall–Kier alpha value is -7.73. The molecule has 0 amide bonds. The molecule has 1 atom stereocenters. The van der Waals surface area contributed by atoms with E-state index in [-0.39, 0.29) is 17.9 Å². The largest absolute Gasteiger partial charge is 0.468 e. The number of anilines is 5. The number of fused-ring (bicyclic) bond motifs is 1. The molecule has 4 heterocycles. The fourth-order valence-electron chi connectivity index (χ4n) is 7.19. The number of ether oxygens (including phenoxy) is 4. The zero-order valence-corrected chi connectivity index (χ0v) is 39.1. The van der Waals surface area contributed by atoms with E-state index in [0.717, 1.165) is 51.5 Å². The molecule has 0 spiro atoms. The number of hydrogen-bond acceptors (Lipinski definition) is 16. The lowest BCUT2D eigenvalue weighted by Crippen LogP contribution is -2.30. The Morgan fingerprint density at radius 1 is 0.731 bits per heavy atom. The van der Waals surface area contributed by atoms with Crippen LogP contribution in [0.4, 0.5) is 29.1 Å². The number of aryl methyl sites for hydroxylation is 3. The quantitative estimate of drug-likeness (QED) is 0.0630. The second-order valence-corrected chi connectivity index (χ2v) is 15.4. The molecule has 4 aromatic carbocycles. The van der Waals surface area contributed by atoms with Crippen LogP contribution in [0.3, 0.4) is 0 Å². The lowest BCUT2D eigenvalue weighted by Gasteiger charge is -2.19. The Bertz CT molecular complexity index is 2790. The van der Waals surface area contributed by atoms with Gasteiger partial charge in [-0.1, -0.05) is 37.6 Å². The van der Waals surface area contributed by atoms with Crippen molar-refractivity contribution in [3.05, 3.63) is 112 Å². The monoisotopic (exact) mass is 926 g/mol. The first kappa shape index (κ1) is 47.2. The lowest BCUT2D eigenvalue weighted by molar-refractivity contribution is 0.207. The molecule has 3 aromatic heterocycles. The van der Waals surface area contributed by atoms with E-state index in [1.165, 1.54) is 30.0 Å². The molecule has 67 heavy (non-hydrogen) atoms. The average molecular weight is 928 g/mol. The van der Waals surface area contributed by atoms with Gasteiger partial charge >= 0.3 is 12.0 Å². The second-order valence-electron chi connectivity index (χ2n) is 15.1. The summed E-state index contributed by atoms with van der Waals surface area (Å²) in [6, 6.07) is 27.2. The van der Waals surface area contributed by atoms with Crippen molar-refractivity contribution < 1.29 is 18.9 Å². The molecule has 18 nitrogen and oxygen atoms in total. The molecule has 0 saturated carbocycles. The number of rotatable bonds is 13. The Balaban J connectivity index is 0.000000192. The minimum absolute atomic E-state index is 0.173. The number of nitrogen functional groups attached to an aromatic ring is 1. The second kappa shape index (κ2) is 22.4. The van der Waals surface area contributed by atoms with E-state index < -0.39 is 6.23 Å². The van der Waals surface area contributed by atoms with Crippen LogP contribution in [0.1, 0.15) is 69.2 Å². The van der Waals surface area contributed by atoms with E-state index in [4.69, 9.17) is 42.0 Å². The number of aromatic amines is 2. The van der Waals surface area contributed by atoms with Crippen LogP contribution in [0.15, 0.2) is 94.9 Å². The van der Waals surface area contributed by atoms with Gasteiger partial charge in [0, 0.05) is 33.6 Å². The highest BCUT2D eigenvalue weighted by Gasteiger charge is 2.20. The molecule has 2 aliphatic rings. The number of amidine groups is 2. The molecule has 8 N–H and O–H groups in total. The van der Waals surface area contributed by atoms with Gasteiger partial charge in [0.05, 0.1) is 19.6 Å². The average Bonchev–Trinajstić information content (AvgIpc) is 4.00. The van der Waals surface area contributed by atoms with Gasteiger partial charge < -0.3 is 41.0 Å². The molecule has 0 saturated heterocycles. The van der Waals surface area contributed by atoms with Crippen LogP contribution in [0, 0.1) is 13.8 Å². The van der Waals surface area contributed by atoms with Crippen LogP contribution in [-0.4, -0.2) is 71.6 Å². The lowest BCUT2D eigenvalue weighted by atomic mass is 9.90. The number of nitrogens with one attached hydrogen (secondary N) is 4. The predicted octanol–water partition coefficient (Wildman–Crippen LogP) is 10.0. The maximum atomic E-state index is 6.24. The number of nitrogens with zero attached hydrogens (tertiary/aromatic N) is 8. The number of nitrogens with two attached hydrogens (primary N) is 2. The highest BCUT2D eigenvalue weighted by Crippen LogP contribution is 2.31. The first-order chi connectivity index (χ1) is 32.6. The molecule has 1 unspecified atom stereocenters. The highest BCUT2D eigenvalue weighted by atomic mass is 35.5. The van der Waals surface area contributed by atoms with Crippen molar-refractivity contribution in [2.45, 2.75) is 79.9 Å². The van der Waals surface area contributed by atoms with Gasteiger partial charge in [-0.3, -0.25) is 10.2 Å². The zero-order chi connectivity index (χ0) is 47.3. The van der Waals surface area contributed by atoms with Crippen molar-refractivity contribution >= 4 is 52.5 Å². The van der Waals surface area contributed by atoms with Gasteiger partial charge in [-0.15, -0.1) is 10.2 Å². The molecule has 0 bridgehead atoms. The first-order valence-corrected chi connectivity index (χ1v) is 22.6. The number of aliphatic imine (C=N–C) groups is 2. The zero-order valence-electron chi connectivity index (χ0n) is 38.4. The maximum absolute atomic E-state index is 6.24. The number of H-pyrrole nitrogens is 2. The Labute approximate surface area is 394 Å². The van der Waals surface area contributed by atoms with Gasteiger partial charge in [0.1, 0.15) is 23.2 Å². The minimum atomic E-state index is -0.465. The van der Waals surface area contributed by atoms with E-state index in [2.05, 4.69) is 79.1 Å². The normalized spacial score (nSPS) is 13.9. The molecule has 0 radical (unpaired) electrons. The fraction of sp³-hybridized carbons (Fsp3) is 0.292. The highest BCUT2D eigenvalue weighted by molar-refractivity contribution is 6.32. The van der Waals surface area contributed by atoms with Crippen molar-refractivity contribution in [1.29, 1.82) is 0 Å². The summed E-state index contributed by atoms with van der Waals surface area (Å²) >= 11 is 6.24. The molecular formula is C48H55ClN14O4. The predicted molar refractivity (Wildman–Crippen MR) is 263 cm³/mol. The summed E-state index contributed by atoms with van der Waals surface area (Å²) in [6.07, 6.45) is 4.65. The van der Waals surface area contributed by atoms with E-state index >= 15 is 0 Å². The topological polar surface area (TPSA) is 247 Å². The Morgan fingerprint density at radius 2 is 1.36 bits per heavy atom. The third-order valence-corrected chi connectivity index (χ3v) is 10.8. The van der Waals surface area contributed by atoms with Gasteiger partial charge in [-0.25, -0.2) is 0 Å². The van der Waals surface area contributed by atoms with E-state index in [0.29, 0.717) is 66.4 Å². The van der Waals surface area contributed by atoms with Crippen LogP contribution < -0.4 is 36.3 Å². The van der Waals surface area contributed by atoms with Gasteiger partial charge in [-0.2, -0.15) is 29.9 Å². The smallest absolute Gasteiger partial charge is 0.321 e. The minimum Gasteiger partial charge on any atom is -0.468 e. The van der Waals surface area contributed by atoms with Crippen molar-refractivity contribution in [3.8, 4) is 46.2 Å². The first-order valence-electron chi connectivity index (χ1n) is 22.2. The molecule has 1 aliphatic carbocycles. The SMILES string of the molecule is CC.CCOC1=NC(Oc2ccc(-c3nc(Nc4cccc5c4CCCC5)n[nH]3)cc2)CC(N)=N1.CCOc1nc(N)cc(Oc2ccc(-c3nc(Nc4cc(C)c(Cl)c(C)c4)n[nH]3)cc2)n1. The van der Waals surface area contributed by atoms with Crippen LogP contribution in [0.25, 0.3) is 22.8 Å². The van der Waals surface area contributed by atoms with Crippen molar-refractivity contribution in [3.63, 3.8) is 0 Å². The van der Waals surface area contributed by atoms with Gasteiger partial charge in [-0.05, 0) is 142 Å². The van der Waals surface area contributed by atoms with E-state index in [1.807, 2.05) is 90.1 Å². The molecular weight excluding hydrogens is 872 g/mol. The van der Waals surface area contributed by atoms with Crippen LogP contribution in [0.2, 0.25) is 5.02 Å². The fourth-order valence-corrected chi connectivity index (χ4v) is 7.30. The summed E-state index contributed by atoms with van der Waals surface area (Å²) in [5.74, 6) is 4.57. The third-order valence-electron chi connectivity index (χ3n) is 10.2. The Kier molecular flexibility index (Phi) is 15.8. The van der Waals surface area contributed by atoms with Crippen molar-refractivity contribution in [2.24, 2.45) is 15.7 Å². The molecule has 9 rings (SSSR count). The number of benzene rings is 4. The number of halogens is 1. The maximum Gasteiger partial charge on any atom is 0.321 e. The molecule has 1 aliphatic heterocycles. The molecule has 0 fully saturated rings. The van der Waals surface area contributed by atoms with E-state index in [9.17, 15) is 0 Å². The summed E-state index contributed by atoms with van der Waals surface area (Å²) in [5.41, 5.74) is 20.1. The van der Waals surface area contributed by atoms with Crippen LogP contribution in [0.5, 0.6) is 23.4 Å².